The van der Waals surface area contributed by atoms with Gasteiger partial charge in [-0.05, 0) is 62.7 Å². The van der Waals surface area contributed by atoms with E-state index in [1.54, 1.807) is 51.3 Å². The number of primary amides is 1. The molecule has 0 saturated carbocycles. The highest BCUT2D eigenvalue weighted by molar-refractivity contribution is 6.00. The molecule has 1 aliphatic heterocycles. The van der Waals surface area contributed by atoms with Gasteiger partial charge in [0.15, 0.2) is 5.78 Å². The summed E-state index contributed by atoms with van der Waals surface area (Å²) >= 11 is 0. The number of carbonyl (C=O) groups is 2. The number of ether oxygens (including phenoxy) is 2. The number of Topliss-reactive ketones (excluding diaryl/α,β-unsaturated/α-hetero) is 1. The van der Waals surface area contributed by atoms with Gasteiger partial charge in [0.2, 0.25) is 5.91 Å². The first kappa shape index (κ1) is 25.4. The number of amides is 1. The van der Waals surface area contributed by atoms with Crippen molar-refractivity contribution in [3.8, 4) is 22.8 Å². The first-order valence-corrected chi connectivity index (χ1v) is 12.2. The smallest absolute Gasteiger partial charge is 0.231 e. The van der Waals surface area contributed by atoms with Gasteiger partial charge in [0.05, 0.1) is 24.0 Å². The molecule has 2 aromatic carbocycles. The van der Waals surface area contributed by atoms with E-state index in [1.165, 1.54) is 12.1 Å². The number of halogens is 1. The number of nitrogens with one attached hydrogen (secondary N) is 1. The molecule has 2 aromatic heterocycles. The molecule has 4 N–H and O–H groups in total. The fourth-order valence-electron chi connectivity index (χ4n) is 4.74. The normalized spacial score (nSPS) is 18.0. The molecule has 8 nitrogen and oxygen atoms in total. The number of fused-ring (bicyclic) bond motifs is 2. The predicted octanol–water partition coefficient (Wildman–Crippen LogP) is 4.38. The highest BCUT2D eigenvalue weighted by Crippen LogP contribution is 2.46. The van der Waals surface area contributed by atoms with E-state index in [-0.39, 0.29) is 30.9 Å². The molecule has 5 rings (SSSR count). The molecule has 3 heterocycles. The third-order valence-corrected chi connectivity index (χ3v) is 7.26. The Morgan fingerprint density at radius 1 is 1.24 bits per heavy atom. The van der Waals surface area contributed by atoms with Crippen LogP contribution in [0.1, 0.15) is 48.4 Å². The number of para-hydroxylation sites is 1. The van der Waals surface area contributed by atoms with E-state index in [9.17, 15) is 19.1 Å². The lowest BCUT2D eigenvalue weighted by atomic mass is 9.81. The summed E-state index contributed by atoms with van der Waals surface area (Å²) < 4.78 is 24.8. The number of pyridine rings is 1. The molecule has 4 aromatic rings. The van der Waals surface area contributed by atoms with Gasteiger partial charge in [0.25, 0.3) is 0 Å². The molecule has 2 atom stereocenters. The molecule has 9 heteroatoms. The van der Waals surface area contributed by atoms with Crippen LogP contribution in [0.2, 0.25) is 0 Å². The Hall–Kier alpha value is -4.24. The van der Waals surface area contributed by atoms with Crippen molar-refractivity contribution < 1.29 is 28.6 Å². The number of H-pyrrole nitrogens is 1. The van der Waals surface area contributed by atoms with Gasteiger partial charge in [0, 0.05) is 22.9 Å². The number of hydrogen-bond donors (Lipinski definition) is 3. The predicted molar refractivity (Wildman–Crippen MR) is 140 cm³/mol. The SMILES string of the molecule is COc1cccc2cc(C(=O)CC[C@](C)(O)c3cc4c(c(-c5ccc(F)cc5)n3)OC[C@]4(C)C(N)=O)[nH]c12. The summed E-state index contributed by atoms with van der Waals surface area (Å²) in [5.74, 6) is -0.190. The van der Waals surface area contributed by atoms with Crippen LogP contribution in [0.5, 0.6) is 11.5 Å². The van der Waals surface area contributed by atoms with Crippen LogP contribution in [-0.4, -0.2) is 40.5 Å². The number of aromatic amines is 1. The lowest BCUT2D eigenvalue weighted by Gasteiger charge is -2.25. The van der Waals surface area contributed by atoms with Gasteiger partial charge in [-0.3, -0.25) is 9.59 Å². The lowest BCUT2D eigenvalue weighted by Crippen LogP contribution is -2.40. The minimum Gasteiger partial charge on any atom is -0.495 e. The van der Waals surface area contributed by atoms with Gasteiger partial charge in [0.1, 0.15) is 40.6 Å². The Kier molecular flexibility index (Phi) is 6.19. The minimum atomic E-state index is -1.54. The number of rotatable bonds is 8. The maximum atomic E-state index is 13.6. The zero-order chi connectivity index (χ0) is 27.2. The number of methoxy groups -OCH3 is 1. The number of carbonyl (C=O) groups excluding carboxylic acids is 2. The summed E-state index contributed by atoms with van der Waals surface area (Å²) in [6, 6.07) is 14.6. The molecule has 0 radical (unpaired) electrons. The summed E-state index contributed by atoms with van der Waals surface area (Å²) in [4.78, 5) is 33.2. The molecule has 196 valence electrons. The van der Waals surface area contributed by atoms with Crippen LogP contribution < -0.4 is 15.2 Å². The zero-order valence-electron chi connectivity index (χ0n) is 21.3. The average molecular weight is 518 g/mol. The summed E-state index contributed by atoms with van der Waals surface area (Å²) in [5.41, 5.74) is 5.82. The third-order valence-electron chi connectivity index (χ3n) is 7.26. The van der Waals surface area contributed by atoms with E-state index in [4.69, 9.17) is 15.2 Å². The van der Waals surface area contributed by atoms with Crippen LogP contribution >= 0.6 is 0 Å². The topological polar surface area (TPSA) is 128 Å². The first-order valence-electron chi connectivity index (χ1n) is 12.2. The second kappa shape index (κ2) is 9.25. The van der Waals surface area contributed by atoms with Crippen LogP contribution in [0.15, 0.2) is 54.6 Å². The summed E-state index contributed by atoms with van der Waals surface area (Å²) in [6.45, 7) is 3.25. The van der Waals surface area contributed by atoms with Crippen LogP contribution in [0, 0.1) is 5.82 Å². The van der Waals surface area contributed by atoms with Crippen molar-refractivity contribution in [3.63, 3.8) is 0 Å². The van der Waals surface area contributed by atoms with E-state index in [2.05, 4.69) is 9.97 Å². The molecule has 0 fully saturated rings. The summed E-state index contributed by atoms with van der Waals surface area (Å²) in [7, 11) is 1.56. The number of nitrogens with two attached hydrogens (primary N) is 1. The van der Waals surface area contributed by atoms with E-state index >= 15 is 0 Å². The monoisotopic (exact) mass is 517 g/mol. The Balaban J connectivity index is 1.48. The van der Waals surface area contributed by atoms with Gasteiger partial charge >= 0.3 is 0 Å². The second-order valence-electron chi connectivity index (χ2n) is 10.0. The van der Waals surface area contributed by atoms with Gasteiger partial charge in [-0.15, -0.1) is 0 Å². The van der Waals surface area contributed by atoms with E-state index in [0.717, 1.165) is 10.9 Å². The quantitative estimate of drug-likeness (QED) is 0.298. The third kappa shape index (κ3) is 4.28. The molecule has 1 aliphatic rings. The van der Waals surface area contributed by atoms with Crippen molar-refractivity contribution in [2.45, 2.75) is 37.7 Å². The van der Waals surface area contributed by atoms with Gasteiger partial charge in [-0.2, -0.15) is 0 Å². The van der Waals surface area contributed by atoms with Crippen molar-refractivity contribution in [2.24, 2.45) is 5.73 Å². The molecule has 38 heavy (non-hydrogen) atoms. The fraction of sp³-hybridized carbons (Fsp3) is 0.276. The minimum absolute atomic E-state index is 0.0153. The van der Waals surface area contributed by atoms with Crippen molar-refractivity contribution in [2.75, 3.05) is 13.7 Å². The average Bonchev–Trinajstić information content (AvgIpc) is 3.49. The van der Waals surface area contributed by atoms with Crippen LogP contribution in [-0.2, 0) is 15.8 Å². The molecule has 0 unspecified atom stereocenters. The van der Waals surface area contributed by atoms with E-state index in [1.807, 2.05) is 12.1 Å². The fourth-order valence-corrected chi connectivity index (χ4v) is 4.74. The van der Waals surface area contributed by atoms with Gasteiger partial charge < -0.3 is 25.3 Å². The van der Waals surface area contributed by atoms with Gasteiger partial charge in [-0.1, -0.05) is 12.1 Å². The second-order valence-corrected chi connectivity index (χ2v) is 10.0. The Morgan fingerprint density at radius 2 is 1.97 bits per heavy atom. The van der Waals surface area contributed by atoms with Crippen LogP contribution in [0.4, 0.5) is 4.39 Å². The number of aliphatic hydroxyl groups is 1. The Morgan fingerprint density at radius 3 is 2.66 bits per heavy atom. The van der Waals surface area contributed by atoms with Gasteiger partial charge in [-0.25, -0.2) is 9.37 Å². The number of aromatic nitrogens is 2. The van der Waals surface area contributed by atoms with Crippen LogP contribution in [0.3, 0.4) is 0 Å². The van der Waals surface area contributed by atoms with Crippen molar-refractivity contribution in [3.05, 3.63) is 77.4 Å². The number of nitrogens with zero attached hydrogens (tertiary/aromatic N) is 1. The van der Waals surface area contributed by atoms with Crippen LogP contribution in [0.25, 0.3) is 22.2 Å². The van der Waals surface area contributed by atoms with Crippen molar-refractivity contribution >= 4 is 22.6 Å². The van der Waals surface area contributed by atoms with Crippen molar-refractivity contribution in [1.82, 2.24) is 9.97 Å². The molecule has 1 amide bonds. The highest BCUT2D eigenvalue weighted by atomic mass is 19.1. The number of benzene rings is 2. The molecule has 0 aliphatic carbocycles. The lowest BCUT2D eigenvalue weighted by molar-refractivity contribution is -0.123. The maximum absolute atomic E-state index is 13.6. The number of hydrogen-bond acceptors (Lipinski definition) is 6. The summed E-state index contributed by atoms with van der Waals surface area (Å²) in [5, 5.41) is 12.3. The molecule has 0 spiro atoms. The number of ketones is 1. The molecular weight excluding hydrogens is 489 g/mol. The summed E-state index contributed by atoms with van der Waals surface area (Å²) in [6.07, 6.45) is 0.0808. The maximum Gasteiger partial charge on any atom is 0.231 e. The Labute approximate surface area is 218 Å². The first-order chi connectivity index (χ1) is 18.0. The zero-order valence-corrected chi connectivity index (χ0v) is 21.3. The molecular formula is C29H28FN3O5. The Bertz CT molecular complexity index is 1560. The largest absolute Gasteiger partial charge is 0.495 e. The molecule has 0 saturated heterocycles. The van der Waals surface area contributed by atoms with E-state index < -0.39 is 22.7 Å². The molecule has 0 bridgehead atoms. The van der Waals surface area contributed by atoms with E-state index in [0.29, 0.717) is 34.0 Å². The highest BCUT2D eigenvalue weighted by Gasteiger charge is 2.45. The standard InChI is InChI=1S/C29H28FN3O5/c1-28(27(31)35)15-38-26-19(28)14-23(33-25(26)16-7-9-18(30)10-8-16)29(2,36)12-11-21(34)20-13-17-5-4-6-22(37-3)24(17)32-20/h4-10,13-14,32,36H,11-12,15H2,1-3H3,(H2,31,35)/t28-,29-/m0/s1. The van der Waals surface area contributed by atoms with Crippen molar-refractivity contribution in [1.29, 1.82) is 0 Å².